The second-order valence-electron chi connectivity index (χ2n) is 6.69. The van der Waals surface area contributed by atoms with E-state index in [9.17, 15) is 8.42 Å². The van der Waals surface area contributed by atoms with E-state index >= 15 is 0 Å². The van der Waals surface area contributed by atoms with Crippen LogP contribution in [0.2, 0.25) is 0 Å². The molecule has 0 fully saturated rings. The summed E-state index contributed by atoms with van der Waals surface area (Å²) >= 11 is 5.50. The van der Waals surface area contributed by atoms with Crippen molar-refractivity contribution in [3.63, 3.8) is 0 Å². The molecular weight excluding hydrogens is 648 g/mol. The van der Waals surface area contributed by atoms with E-state index in [4.69, 9.17) is 12.5 Å². The van der Waals surface area contributed by atoms with Gasteiger partial charge >= 0.3 is 25.3 Å². The Hall–Kier alpha value is -3.16. The average molecular weight is 669 g/mol. The van der Waals surface area contributed by atoms with Gasteiger partial charge in [-0.25, -0.2) is 0 Å². The Labute approximate surface area is 242 Å². The number of nitrogens with zero attached hydrogens (tertiary/aromatic N) is 5. The van der Waals surface area contributed by atoms with Crippen LogP contribution in [0.4, 0.5) is 11.5 Å². The Morgan fingerprint density at radius 1 is 1.03 bits per heavy atom. The predicted octanol–water partition coefficient (Wildman–Crippen LogP) is 5.38. The number of nitrogens with two attached hydrogens (primary N) is 1. The molecule has 0 saturated carbocycles. The van der Waals surface area contributed by atoms with Crippen LogP contribution >= 0.6 is 22.7 Å². The molecule has 0 aliphatic carbocycles. The first-order valence-electron chi connectivity index (χ1n) is 10.3. The molecule has 10 nitrogen and oxygen atoms in total. The van der Waals surface area contributed by atoms with E-state index in [0.717, 1.165) is 9.75 Å². The van der Waals surface area contributed by atoms with E-state index in [0.29, 0.717) is 17.2 Å². The summed E-state index contributed by atoms with van der Waals surface area (Å²) in [4.78, 5) is 6.11. The van der Waals surface area contributed by atoms with Gasteiger partial charge in [-0.2, -0.15) is 23.0 Å². The van der Waals surface area contributed by atoms with Gasteiger partial charge < -0.3 is 28.7 Å². The van der Waals surface area contributed by atoms with Crippen molar-refractivity contribution in [1.29, 1.82) is 0 Å². The van der Waals surface area contributed by atoms with Crippen molar-refractivity contribution in [2.45, 2.75) is 11.8 Å². The monoisotopic (exact) mass is 670 g/mol. The van der Waals surface area contributed by atoms with E-state index in [1.807, 2.05) is 47.2 Å². The first-order valence-corrected chi connectivity index (χ1v) is 15.6. The number of rotatable bonds is 7. The number of hydrogen-bond donors (Lipinski definition) is 1. The minimum absolute atomic E-state index is 0.0535. The Bertz CT molecular complexity index is 1480. The summed E-state index contributed by atoms with van der Waals surface area (Å²) in [6.45, 7) is 1.69. The molecule has 4 rings (SSSR count). The third-order valence-electron chi connectivity index (χ3n) is 4.05. The van der Waals surface area contributed by atoms with Crippen LogP contribution in [-0.4, -0.2) is 30.5 Å². The van der Waals surface area contributed by atoms with Gasteiger partial charge in [-0.3, -0.25) is 0 Å². The standard InChI is InChI=1S/C17H14N3O2S2.C6H7N3S2.Mo.2O/c1-13(16-5-4-12-23-16)20-24(21,22)15-9-7-14(8-10-15)19-17-6-2-3-11-18-17;7-6(10)9-8-4-5-2-1-3-11-5;;;/h2-12H,1H3;1-4H,(H3,7,9,10);;;/q-1;;+2;;/p-1/b20-13+;8-4-;;;. The fourth-order valence-electron chi connectivity index (χ4n) is 2.51. The molecule has 196 valence electrons. The van der Waals surface area contributed by atoms with Crippen molar-refractivity contribution < 1.29 is 33.7 Å². The van der Waals surface area contributed by atoms with E-state index in [1.54, 1.807) is 48.9 Å². The van der Waals surface area contributed by atoms with Crippen molar-refractivity contribution >= 4 is 73.9 Å². The second-order valence-corrected chi connectivity index (χ2v) is 11.0. The topological polar surface area (TPSA) is 158 Å². The summed E-state index contributed by atoms with van der Waals surface area (Å²) in [6.07, 6.45) is 3.27. The molecule has 3 aromatic heterocycles. The quantitative estimate of drug-likeness (QED) is 0.0910. The molecule has 0 amide bonds. The molecule has 0 aliphatic rings. The Morgan fingerprint density at radius 2 is 1.71 bits per heavy atom. The third-order valence-corrected chi connectivity index (χ3v) is 7.30. The Kier molecular flexibility index (Phi) is 13.6. The Balaban J connectivity index is 0.000000302. The van der Waals surface area contributed by atoms with Crippen LogP contribution in [0, 0.1) is 0 Å². The maximum absolute atomic E-state index is 12.4. The third kappa shape index (κ3) is 11.5. The summed E-state index contributed by atoms with van der Waals surface area (Å²) in [5.41, 5.74) is 6.20. The van der Waals surface area contributed by atoms with Crippen LogP contribution in [0.25, 0.3) is 5.32 Å². The number of pyridine rings is 1. The van der Waals surface area contributed by atoms with Crippen molar-refractivity contribution in [3.05, 3.63) is 98.8 Å². The predicted molar refractivity (Wildman–Crippen MR) is 149 cm³/mol. The van der Waals surface area contributed by atoms with Gasteiger partial charge in [0.25, 0.3) is 10.0 Å². The van der Waals surface area contributed by atoms with Gasteiger partial charge in [0.15, 0.2) is 0 Å². The van der Waals surface area contributed by atoms with Gasteiger partial charge in [0.1, 0.15) is 0 Å². The molecule has 0 unspecified atom stereocenters. The average Bonchev–Trinajstić information content (AvgIpc) is 3.61. The molecule has 0 radical (unpaired) electrons. The van der Waals surface area contributed by atoms with Gasteiger partial charge in [-0.05, 0) is 52.8 Å². The first-order chi connectivity index (χ1) is 18.2. The van der Waals surface area contributed by atoms with E-state index in [-0.39, 0.29) is 10.1 Å². The van der Waals surface area contributed by atoms with Gasteiger partial charge in [0.05, 0.1) is 16.8 Å². The van der Waals surface area contributed by atoms with Crippen LogP contribution in [-0.2, 0) is 47.9 Å². The number of thiophene rings is 2. The number of sulfonamides is 1. The molecule has 4 aromatic rings. The Morgan fingerprint density at radius 3 is 2.26 bits per heavy atom. The van der Waals surface area contributed by atoms with Crippen LogP contribution in [0.1, 0.15) is 16.7 Å². The molecular formula is C23H20MoN6O4S4. The zero-order chi connectivity index (χ0) is 27.8. The normalized spacial score (nSPS) is 11.5. The molecule has 0 bridgehead atoms. The summed E-state index contributed by atoms with van der Waals surface area (Å²) in [6, 6.07) is 19.3. The van der Waals surface area contributed by atoms with Crippen molar-refractivity contribution in [3.8, 4) is 0 Å². The van der Waals surface area contributed by atoms with Gasteiger partial charge in [-0.15, -0.1) is 22.7 Å². The molecule has 2 N–H and O–H groups in total. The summed E-state index contributed by atoms with van der Waals surface area (Å²) in [5.74, 6) is 0.569. The van der Waals surface area contributed by atoms with Gasteiger partial charge in [0.2, 0.25) is 0 Å². The minimum atomic E-state index is -3.74. The van der Waals surface area contributed by atoms with Crippen LogP contribution < -0.4 is 5.73 Å². The molecule has 0 saturated heterocycles. The molecule has 38 heavy (non-hydrogen) atoms. The SMILES string of the molecule is C/C(=N\S(=O)(=O)c1ccc([N-]c2ccccn2)cc1)c1cccs1.N/C([S-])=N/N=C\c1cccs1.[O]=[Mo+2]=[O]. The second kappa shape index (κ2) is 16.6. The maximum atomic E-state index is 12.4. The number of hydrogen-bond acceptors (Lipinski definition) is 10. The molecule has 0 spiro atoms. The van der Waals surface area contributed by atoms with Crippen LogP contribution in [0.3, 0.4) is 0 Å². The molecule has 1 aromatic carbocycles. The molecule has 0 aliphatic heterocycles. The van der Waals surface area contributed by atoms with Gasteiger partial charge in [0, 0.05) is 9.75 Å². The van der Waals surface area contributed by atoms with Crippen molar-refractivity contribution in [1.82, 2.24) is 4.98 Å². The zero-order valence-electron chi connectivity index (χ0n) is 19.6. The van der Waals surface area contributed by atoms with E-state index in [1.165, 1.54) is 23.5 Å². The van der Waals surface area contributed by atoms with Crippen LogP contribution in [0.5, 0.6) is 0 Å². The first kappa shape index (κ1) is 31.1. The summed E-state index contributed by atoms with van der Waals surface area (Å²) in [7, 11) is -3.74. The van der Waals surface area contributed by atoms with Crippen molar-refractivity contribution in [2.24, 2.45) is 20.3 Å². The fourth-order valence-corrected chi connectivity index (χ4v) is 4.92. The van der Waals surface area contributed by atoms with Crippen LogP contribution in [0.15, 0.2) is 103 Å². The number of benzene rings is 1. The van der Waals surface area contributed by atoms with E-state index in [2.05, 4.69) is 37.5 Å². The number of aromatic nitrogens is 1. The summed E-state index contributed by atoms with van der Waals surface area (Å²) < 4.78 is 45.7. The summed E-state index contributed by atoms with van der Waals surface area (Å²) in [5, 5.41) is 15.4. The molecule has 15 heteroatoms. The van der Waals surface area contributed by atoms with Gasteiger partial charge in [-0.1, -0.05) is 54.5 Å². The van der Waals surface area contributed by atoms with Crippen molar-refractivity contribution in [2.75, 3.05) is 0 Å². The zero-order valence-corrected chi connectivity index (χ0v) is 24.9. The number of amidine groups is 1. The molecule has 3 heterocycles. The van der Waals surface area contributed by atoms with E-state index < -0.39 is 28.5 Å². The fraction of sp³-hybridized carbons (Fsp3) is 0.0435. The molecule has 0 atom stereocenters.